The lowest BCUT2D eigenvalue weighted by molar-refractivity contribution is 0.0701. The third-order valence-corrected chi connectivity index (χ3v) is 5.48. The highest BCUT2D eigenvalue weighted by Gasteiger charge is 2.28. The topological polar surface area (TPSA) is 79.2 Å². The number of aliphatic imine (C=N–C) groups is 1. The molecule has 7 heteroatoms. The average Bonchev–Trinajstić information content (AvgIpc) is 2.72. The van der Waals surface area contributed by atoms with Gasteiger partial charge in [0, 0.05) is 31.3 Å². The summed E-state index contributed by atoms with van der Waals surface area (Å²) in [5, 5.41) is 10.6. The van der Waals surface area contributed by atoms with E-state index in [1.54, 1.807) is 55.4 Å². The molecule has 0 bridgehead atoms. The fourth-order valence-electron chi connectivity index (χ4n) is 2.74. The Kier molecular flexibility index (Phi) is 4.84. The first-order chi connectivity index (χ1) is 12.3. The summed E-state index contributed by atoms with van der Waals surface area (Å²) in [6, 6.07) is 13.4. The van der Waals surface area contributed by atoms with Crippen molar-refractivity contribution in [2.75, 3.05) is 14.1 Å². The fraction of sp³-hybridized carbons (Fsp3) is 0.211. The highest BCUT2D eigenvalue weighted by Crippen LogP contribution is 2.33. The van der Waals surface area contributed by atoms with Gasteiger partial charge in [-0.1, -0.05) is 42.0 Å². The van der Waals surface area contributed by atoms with Crippen LogP contribution in [0.5, 0.6) is 0 Å². The van der Waals surface area contributed by atoms with Gasteiger partial charge in [0.1, 0.15) is 10.7 Å². The van der Waals surface area contributed by atoms with Crippen LogP contribution >= 0.6 is 0 Å². The summed E-state index contributed by atoms with van der Waals surface area (Å²) < 4.78 is 30.9. The monoisotopic (exact) mass is 372 g/mol. The van der Waals surface area contributed by atoms with Crippen molar-refractivity contribution in [3.63, 3.8) is 0 Å². The fourth-order valence-corrected chi connectivity index (χ4v) is 3.68. The van der Waals surface area contributed by atoms with Gasteiger partial charge < -0.3 is 14.2 Å². The smallest absolute Gasteiger partial charge is 0.339 e. The molecular formula is C19H20N2O4S. The highest BCUT2D eigenvalue weighted by atomic mass is 32.2. The molecule has 0 unspecified atom stereocenters. The molecule has 0 spiro atoms. The van der Waals surface area contributed by atoms with Gasteiger partial charge in [-0.15, -0.1) is 0 Å². The van der Waals surface area contributed by atoms with E-state index in [1.807, 2.05) is 6.92 Å². The number of aliphatic hydroxyl groups excluding tert-OH is 1. The van der Waals surface area contributed by atoms with Gasteiger partial charge >= 0.3 is 10.1 Å². The van der Waals surface area contributed by atoms with Crippen molar-refractivity contribution in [1.29, 1.82) is 0 Å². The summed E-state index contributed by atoms with van der Waals surface area (Å²) in [7, 11) is -0.781. The molecular weight excluding hydrogens is 352 g/mol. The molecule has 0 radical (unpaired) electrons. The molecule has 136 valence electrons. The largest absolute Gasteiger partial charge is 0.378 e. The minimum absolute atomic E-state index is 0.0645. The maximum Gasteiger partial charge on any atom is 0.339 e. The molecule has 0 saturated heterocycles. The third kappa shape index (κ3) is 3.36. The Labute approximate surface area is 153 Å². The van der Waals surface area contributed by atoms with Gasteiger partial charge in [-0.3, -0.25) is 4.99 Å². The van der Waals surface area contributed by atoms with Crippen LogP contribution in [0, 0.1) is 6.92 Å². The lowest BCUT2D eigenvalue weighted by Gasteiger charge is -2.24. The predicted molar refractivity (Wildman–Crippen MR) is 100.0 cm³/mol. The summed E-state index contributed by atoms with van der Waals surface area (Å²) in [5.74, 6) is 0.521. The molecule has 6 nitrogen and oxygen atoms in total. The van der Waals surface area contributed by atoms with Gasteiger partial charge in [0.05, 0.1) is 0 Å². The Hall–Kier alpha value is -2.64. The number of rotatable bonds is 3. The Bertz CT molecular complexity index is 979. The minimum atomic E-state index is -4.03. The van der Waals surface area contributed by atoms with E-state index in [9.17, 15) is 13.5 Å². The molecule has 1 aliphatic rings. The second kappa shape index (κ2) is 6.93. The van der Waals surface area contributed by atoms with Crippen LogP contribution < -0.4 is 0 Å². The maximum atomic E-state index is 12.7. The predicted octanol–water partition coefficient (Wildman–Crippen LogP) is 2.71. The Morgan fingerprint density at radius 2 is 1.77 bits per heavy atom. The van der Waals surface area contributed by atoms with Gasteiger partial charge in [0.25, 0.3) is 0 Å². The van der Waals surface area contributed by atoms with E-state index in [0.717, 1.165) is 5.56 Å². The Morgan fingerprint density at radius 1 is 1.12 bits per heavy atom. The summed E-state index contributed by atoms with van der Waals surface area (Å²) in [5.41, 5.74) is 1.99. The summed E-state index contributed by atoms with van der Waals surface area (Å²) in [6.45, 7) is 1.88. The first-order valence-corrected chi connectivity index (χ1v) is 9.44. The number of aliphatic hydroxyl groups is 1. The second-order valence-corrected chi connectivity index (χ2v) is 7.56. The second-order valence-electron chi connectivity index (χ2n) is 6.01. The Morgan fingerprint density at radius 3 is 2.42 bits per heavy atom. The minimum Gasteiger partial charge on any atom is -0.378 e. The van der Waals surface area contributed by atoms with Crippen LogP contribution in [0.4, 0.5) is 0 Å². The van der Waals surface area contributed by atoms with E-state index in [4.69, 9.17) is 4.18 Å². The number of amidine groups is 1. The standard InChI is InChI=1S/C19H20N2O4S/c1-13-8-10-14(11-9-13)26(23,24)25-17-12-18(20-2)21(3)19(22)16-7-5-4-6-15(16)17/h4-12,19,22H,1-3H3/t19-/m0/s1. The molecule has 2 aromatic rings. The van der Waals surface area contributed by atoms with Crippen LogP contribution in [0.1, 0.15) is 22.9 Å². The van der Waals surface area contributed by atoms with Crippen molar-refractivity contribution in [2.24, 2.45) is 4.99 Å². The van der Waals surface area contributed by atoms with Gasteiger partial charge in [-0.25, -0.2) is 0 Å². The number of fused-ring (bicyclic) bond motifs is 1. The van der Waals surface area contributed by atoms with E-state index in [-0.39, 0.29) is 10.7 Å². The number of aryl methyl sites for hydroxylation is 1. The number of nitrogens with zero attached hydrogens (tertiary/aromatic N) is 2. The molecule has 3 rings (SSSR count). The summed E-state index contributed by atoms with van der Waals surface area (Å²) >= 11 is 0. The van der Waals surface area contributed by atoms with Crippen LogP contribution in [-0.4, -0.2) is 38.4 Å². The molecule has 1 N–H and O–H groups in total. The molecule has 1 aliphatic heterocycles. The normalized spacial score (nSPS) is 18.9. The third-order valence-electron chi connectivity index (χ3n) is 4.23. The maximum absolute atomic E-state index is 12.7. The molecule has 1 atom stereocenters. The molecule has 0 saturated carbocycles. The lowest BCUT2D eigenvalue weighted by atomic mass is 10.1. The van der Waals surface area contributed by atoms with E-state index >= 15 is 0 Å². The van der Waals surface area contributed by atoms with Crippen molar-refractivity contribution in [1.82, 2.24) is 4.90 Å². The van der Waals surface area contributed by atoms with Crippen molar-refractivity contribution in [2.45, 2.75) is 18.0 Å². The van der Waals surface area contributed by atoms with Crippen LogP contribution in [0.25, 0.3) is 5.76 Å². The summed E-state index contributed by atoms with van der Waals surface area (Å²) in [4.78, 5) is 5.73. The molecule has 0 aliphatic carbocycles. The lowest BCUT2D eigenvalue weighted by Crippen LogP contribution is -2.29. The average molecular weight is 372 g/mol. The first-order valence-electron chi connectivity index (χ1n) is 8.03. The van der Waals surface area contributed by atoms with Crippen LogP contribution in [0.15, 0.2) is 64.5 Å². The van der Waals surface area contributed by atoms with Gasteiger partial charge in [0.2, 0.25) is 0 Å². The number of hydrogen-bond donors (Lipinski definition) is 1. The molecule has 0 aromatic heterocycles. The van der Waals surface area contributed by atoms with Crippen molar-refractivity contribution < 1.29 is 17.7 Å². The van der Waals surface area contributed by atoms with Crippen molar-refractivity contribution >= 4 is 21.7 Å². The molecule has 2 aromatic carbocycles. The SMILES string of the molecule is CN=C1C=C(OS(=O)(=O)c2ccc(C)cc2)c2ccccc2[C@H](O)N1C. The molecule has 26 heavy (non-hydrogen) atoms. The van der Waals surface area contributed by atoms with Crippen molar-refractivity contribution in [3.05, 3.63) is 71.3 Å². The molecule has 0 fully saturated rings. The number of likely N-dealkylation sites (N-methyl/N-ethyl adjacent to an activating group) is 1. The number of hydrogen-bond acceptors (Lipinski definition) is 5. The van der Waals surface area contributed by atoms with Crippen LogP contribution in [-0.2, 0) is 14.3 Å². The summed E-state index contributed by atoms with van der Waals surface area (Å²) in [6.07, 6.45) is 0.546. The van der Waals surface area contributed by atoms with E-state index in [2.05, 4.69) is 4.99 Å². The van der Waals surface area contributed by atoms with Crippen LogP contribution in [0.3, 0.4) is 0 Å². The van der Waals surface area contributed by atoms with Crippen molar-refractivity contribution in [3.8, 4) is 0 Å². The highest BCUT2D eigenvalue weighted by molar-refractivity contribution is 7.87. The van der Waals surface area contributed by atoms with E-state index in [1.165, 1.54) is 18.2 Å². The van der Waals surface area contributed by atoms with Crippen LogP contribution in [0.2, 0.25) is 0 Å². The van der Waals surface area contributed by atoms with Gasteiger partial charge in [-0.05, 0) is 19.1 Å². The quantitative estimate of drug-likeness (QED) is 0.838. The van der Waals surface area contributed by atoms with Gasteiger partial charge in [0.15, 0.2) is 12.0 Å². The molecule has 0 amide bonds. The molecule has 1 heterocycles. The Balaban J connectivity index is 2.10. The first kappa shape index (κ1) is 18.2. The number of benzene rings is 2. The van der Waals surface area contributed by atoms with E-state index < -0.39 is 16.3 Å². The zero-order chi connectivity index (χ0) is 18.9. The zero-order valence-electron chi connectivity index (χ0n) is 14.7. The van der Waals surface area contributed by atoms with Gasteiger partial charge in [-0.2, -0.15) is 8.42 Å². The van der Waals surface area contributed by atoms with E-state index in [0.29, 0.717) is 17.0 Å². The zero-order valence-corrected chi connectivity index (χ0v) is 15.6.